The second kappa shape index (κ2) is 12.5. The summed E-state index contributed by atoms with van der Waals surface area (Å²) in [6.45, 7) is 6.73. The van der Waals surface area contributed by atoms with Gasteiger partial charge in [-0.15, -0.1) is 0 Å². The molecule has 42 heavy (non-hydrogen) atoms. The molecule has 2 fully saturated rings. The first kappa shape index (κ1) is 29.6. The van der Waals surface area contributed by atoms with Gasteiger partial charge in [-0.05, 0) is 51.4 Å². The smallest absolute Gasteiger partial charge is 0.418 e. The fourth-order valence-corrected chi connectivity index (χ4v) is 6.09. The molecule has 224 valence electrons. The Morgan fingerprint density at radius 2 is 2.02 bits per heavy atom. The number of ether oxygens (including phenoxy) is 1. The first-order chi connectivity index (χ1) is 20.2. The molecule has 0 spiro atoms. The van der Waals surface area contributed by atoms with E-state index in [1.807, 2.05) is 11.9 Å². The van der Waals surface area contributed by atoms with Gasteiger partial charge in [0.05, 0.1) is 48.2 Å². The number of likely N-dealkylation sites (tertiary alicyclic amines) is 1. The van der Waals surface area contributed by atoms with Crippen molar-refractivity contribution in [3.63, 3.8) is 0 Å². The van der Waals surface area contributed by atoms with E-state index in [1.165, 1.54) is 12.3 Å². The summed E-state index contributed by atoms with van der Waals surface area (Å²) in [4.78, 5) is 33.6. The van der Waals surface area contributed by atoms with Gasteiger partial charge in [0.2, 0.25) is 5.91 Å². The number of aromatic nitrogens is 3. The largest absolute Gasteiger partial charge is 0.462 e. The van der Waals surface area contributed by atoms with E-state index in [1.54, 1.807) is 9.80 Å². The molecule has 2 saturated heterocycles. The SMILES string of the molecule is C=CC(=O)N1CCN(c2nc(OC[C@@H]3CCCN3C)nc3c2CCCN(c2cnccc2C(F)(F)F)C3)CC1CC#N. The molecule has 2 atom stereocenters. The second-order valence-corrected chi connectivity index (χ2v) is 11.0. The van der Waals surface area contributed by atoms with Gasteiger partial charge in [0.25, 0.3) is 0 Å². The lowest BCUT2D eigenvalue weighted by molar-refractivity contribution is -0.137. The van der Waals surface area contributed by atoms with Crippen molar-refractivity contribution >= 4 is 17.4 Å². The lowest BCUT2D eigenvalue weighted by Crippen LogP contribution is -2.55. The van der Waals surface area contributed by atoms with E-state index >= 15 is 0 Å². The first-order valence-electron chi connectivity index (χ1n) is 14.2. The molecule has 3 aliphatic rings. The summed E-state index contributed by atoms with van der Waals surface area (Å²) < 4.78 is 47.8. The van der Waals surface area contributed by atoms with Crippen LogP contribution in [-0.2, 0) is 23.9 Å². The molecule has 0 aromatic carbocycles. The molecule has 0 N–H and O–H groups in total. The minimum atomic E-state index is -4.52. The molecular weight excluding hydrogens is 549 g/mol. The van der Waals surface area contributed by atoms with Crippen LogP contribution in [0.4, 0.5) is 24.7 Å². The number of nitrogens with zero attached hydrogens (tertiary/aromatic N) is 8. The third-order valence-electron chi connectivity index (χ3n) is 8.34. The summed E-state index contributed by atoms with van der Waals surface area (Å²) in [5.41, 5.74) is 0.724. The van der Waals surface area contributed by atoms with Gasteiger partial charge in [0, 0.05) is 44.0 Å². The summed E-state index contributed by atoms with van der Waals surface area (Å²) in [5.74, 6) is 0.418. The number of amides is 1. The van der Waals surface area contributed by atoms with E-state index in [2.05, 4.69) is 22.5 Å². The van der Waals surface area contributed by atoms with E-state index in [4.69, 9.17) is 14.7 Å². The standard InChI is InChI=1S/C29H35F3N8O2/c1-3-26(41)40-15-14-39(17-20(40)8-10-33)27-22-7-5-13-38(25-16-34-11-9-23(25)29(30,31)32)18-24(22)35-28(36-27)42-19-21-6-4-12-37(21)2/h3,9,11,16,20-21H,1,4-8,12-15,17-19H2,2H3/t20?,21-/m0/s1. The molecule has 2 aromatic heterocycles. The number of nitriles is 1. The van der Waals surface area contributed by atoms with Gasteiger partial charge >= 0.3 is 12.2 Å². The van der Waals surface area contributed by atoms with Crippen molar-refractivity contribution in [2.24, 2.45) is 0 Å². The molecular formula is C29H35F3N8O2. The lowest BCUT2D eigenvalue weighted by atomic mass is 10.1. The molecule has 0 saturated carbocycles. The molecule has 0 radical (unpaired) electrons. The van der Waals surface area contributed by atoms with Crippen molar-refractivity contribution in [2.75, 3.05) is 56.2 Å². The molecule has 0 bridgehead atoms. The maximum atomic E-state index is 13.9. The van der Waals surface area contributed by atoms with E-state index in [9.17, 15) is 23.2 Å². The molecule has 5 heterocycles. The molecule has 3 aliphatic heterocycles. The first-order valence-corrected chi connectivity index (χ1v) is 14.2. The topological polar surface area (TPSA) is 102 Å². The Labute approximate surface area is 243 Å². The van der Waals surface area contributed by atoms with Crippen LogP contribution in [0.2, 0.25) is 0 Å². The predicted octanol–water partition coefficient (Wildman–Crippen LogP) is 3.43. The second-order valence-electron chi connectivity index (χ2n) is 11.0. The Balaban J connectivity index is 1.50. The van der Waals surface area contributed by atoms with Crippen LogP contribution in [0.25, 0.3) is 0 Å². The van der Waals surface area contributed by atoms with Gasteiger partial charge in [0.15, 0.2) is 0 Å². The van der Waals surface area contributed by atoms with Crippen molar-refractivity contribution < 1.29 is 22.7 Å². The molecule has 2 aromatic rings. The molecule has 13 heteroatoms. The third-order valence-corrected chi connectivity index (χ3v) is 8.34. The van der Waals surface area contributed by atoms with Gasteiger partial charge in [-0.1, -0.05) is 6.58 Å². The van der Waals surface area contributed by atoms with Gasteiger partial charge in [-0.25, -0.2) is 0 Å². The van der Waals surface area contributed by atoms with Gasteiger partial charge in [-0.2, -0.15) is 28.4 Å². The minimum Gasteiger partial charge on any atom is -0.462 e. The Hall–Kier alpha value is -3.92. The van der Waals surface area contributed by atoms with Crippen molar-refractivity contribution in [1.82, 2.24) is 24.8 Å². The van der Waals surface area contributed by atoms with E-state index < -0.39 is 11.7 Å². The van der Waals surface area contributed by atoms with Crippen LogP contribution < -0.4 is 14.5 Å². The predicted molar refractivity (Wildman–Crippen MR) is 150 cm³/mol. The monoisotopic (exact) mass is 584 g/mol. The number of hydrogen-bond donors (Lipinski definition) is 0. The zero-order chi connectivity index (χ0) is 29.9. The number of likely N-dealkylation sites (N-methyl/N-ethyl adjacent to an activating group) is 1. The Kier molecular flexibility index (Phi) is 8.82. The average Bonchev–Trinajstić information content (AvgIpc) is 3.26. The number of carbonyl (C=O) groups is 1. The zero-order valence-electron chi connectivity index (χ0n) is 23.7. The van der Waals surface area contributed by atoms with Crippen LogP contribution in [0, 0.1) is 11.3 Å². The van der Waals surface area contributed by atoms with Crippen LogP contribution >= 0.6 is 0 Å². The summed E-state index contributed by atoms with van der Waals surface area (Å²) in [6.07, 6.45) is 2.51. The lowest BCUT2D eigenvalue weighted by Gasteiger charge is -2.41. The normalized spacial score (nSPS) is 21.5. The van der Waals surface area contributed by atoms with Crippen molar-refractivity contribution in [1.29, 1.82) is 5.26 Å². The molecule has 1 unspecified atom stereocenters. The average molecular weight is 585 g/mol. The van der Waals surface area contributed by atoms with Crippen molar-refractivity contribution in [3.8, 4) is 12.1 Å². The Bertz CT molecular complexity index is 1350. The number of rotatable bonds is 7. The summed E-state index contributed by atoms with van der Waals surface area (Å²) in [5, 5.41) is 9.46. The molecule has 1 amide bonds. The maximum absolute atomic E-state index is 13.9. The van der Waals surface area contributed by atoms with E-state index in [0.29, 0.717) is 57.1 Å². The highest BCUT2D eigenvalue weighted by Crippen LogP contribution is 2.38. The zero-order valence-corrected chi connectivity index (χ0v) is 23.7. The van der Waals surface area contributed by atoms with Crippen LogP contribution in [0.15, 0.2) is 31.1 Å². The number of piperazine rings is 1. The van der Waals surface area contributed by atoms with Crippen molar-refractivity contribution in [3.05, 3.63) is 47.9 Å². The highest BCUT2D eigenvalue weighted by Gasteiger charge is 2.37. The number of hydrogen-bond acceptors (Lipinski definition) is 9. The van der Waals surface area contributed by atoms with Gasteiger partial charge < -0.3 is 24.3 Å². The van der Waals surface area contributed by atoms with Crippen LogP contribution in [0.1, 0.15) is 42.5 Å². The molecule has 10 nitrogen and oxygen atoms in total. The number of halogens is 3. The number of alkyl halides is 3. The number of carbonyl (C=O) groups excluding carboxylic acids is 1. The summed E-state index contributed by atoms with van der Waals surface area (Å²) in [6, 6.07) is 3.22. The van der Waals surface area contributed by atoms with E-state index in [-0.39, 0.29) is 42.7 Å². The number of anilines is 2. The summed E-state index contributed by atoms with van der Waals surface area (Å²) in [7, 11) is 2.05. The van der Waals surface area contributed by atoms with Gasteiger partial charge in [-0.3, -0.25) is 9.78 Å². The number of fused-ring (bicyclic) bond motifs is 1. The minimum absolute atomic E-state index is 0.0127. The van der Waals surface area contributed by atoms with Crippen molar-refractivity contribution in [2.45, 2.75) is 56.9 Å². The molecule has 0 aliphatic carbocycles. The van der Waals surface area contributed by atoms with Crippen LogP contribution in [-0.4, -0.2) is 89.1 Å². The van der Waals surface area contributed by atoms with Gasteiger partial charge in [0.1, 0.15) is 12.4 Å². The Morgan fingerprint density at radius 3 is 2.74 bits per heavy atom. The maximum Gasteiger partial charge on any atom is 0.418 e. The van der Waals surface area contributed by atoms with E-state index in [0.717, 1.165) is 37.2 Å². The highest BCUT2D eigenvalue weighted by atomic mass is 19.4. The number of pyridine rings is 1. The fourth-order valence-electron chi connectivity index (χ4n) is 6.09. The summed E-state index contributed by atoms with van der Waals surface area (Å²) >= 11 is 0. The Morgan fingerprint density at radius 1 is 1.19 bits per heavy atom. The molecule has 5 rings (SSSR count). The fraction of sp³-hybridized carbons (Fsp3) is 0.552. The quantitative estimate of drug-likeness (QED) is 0.453. The van der Waals surface area contributed by atoms with Crippen LogP contribution in [0.5, 0.6) is 6.01 Å². The highest BCUT2D eigenvalue weighted by molar-refractivity contribution is 5.87. The third kappa shape index (κ3) is 6.28. The van der Waals surface area contributed by atoms with Crippen LogP contribution in [0.3, 0.4) is 0 Å².